The molecule has 1 saturated heterocycles. The van der Waals surface area contributed by atoms with Crippen LogP contribution in [-0.4, -0.2) is 26.2 Å². The third-order valence-electron chi connectivity index (χ3n) is 2.82. The number of nitrogens with one attached hydrogen (secondary N) is 1. The predicted octanol–water partition coefficient (Wildman–Crippen LogP) is 0.895. The molecule has 0 spiro atoms. The topological polar surface area (TPSA) is 68.8 Å². The molecule has 0 aliphatic carbocycles. The van der Waals surface area contributed by atoms with E-state index in [4.69, 9.17) is 4.52 Å². The number of hydrogen-bond donors (Lipinski definition) is 1. The Morgan fingerprint density at radius 2 is 2.50 bits per heavy atom. The highest BCUT2D eigenvalue weighted by molar-refractivity contribution is 5.42. The largest absolute Gasteiger partial charge is 0.337 e. The van der Waals surface area contributed by atoms with Crippen molar-refractivity contribution in [3.05, 3.63) is 18.3 Å². The van der Waals surface area contributed by atoms with Crippen molar-refractivity contribution >= 4 is 0 Å². The Morgan fingerprint density at radius 1 is 1.56 bits per heavy atom. The molecule has 84 valence electrons. The van der Waals surface area contributed by atoms with Crippen LogP contribution in [0.15, 0.2) is 16.9 Å². The number of nitrogens with zero attached hydrogens (tertiary/aromatic N) is 4. The number of aryl methyl sites for hydroxylation is 1. The molecule has 2 aromatic heterocycles. The molecule has 0 saturated carbocycles. The zero-order valence-electron chi connectivity index (χ0n) is 9.05. The van der Waals surface area contributed by atoms with Gasteiger partial charge in [-0.1, -0.05) is 5.16 Å². The number of rotatable bonds is 2. The SMILES string of the molecule is Cn1ccnc1-c1noc(C2CCCN2)n1. The quantitative estimate of drug-likeness (QED) is 0.812. The van der Waals surface area contributed by atoms with E-state index in [0.29, 0.717) is 11.7 Å². The normalized spacial score (nSPS) is 20.4. The van der Waals surface area contributed by atoms with Gasteiger partial charge in [-0.15, -0.1) is 0 Å². The molecule has 1 aliphatic heterocycles. The molecule has 3 heterocycles. The van der Waals surface area contributed by atoms with Crippen LogP contribution in [0.3, 0.4) is 0 Å². The van der Waals surface area contributed by atoms with E-state index in [2.05, 4.69) is 20.4 Å². The van der Waals surface area contributed by atoms with E-state index in [1.165, 1.54) is 0 Å². The van der Waals surface area contributed by atoms with Crippen molar-refractivity contribution in [1.82, 2.24) is 25.0 Å². The van der Waals surface area contributed by atoms with Crippen molar-refractivity contribution in [2.45, 2.75) is 18.9 Å². The lowest BCUT2D eigenvalue weighted by atomic mass is 10.2. The van der Waals surface area contributed by atoms with E-state index in [-0.39, 0.29) is 6.04 Å². The summed E-state index contributed by atoms with van der Waals surface area (Å²) in [6.07, 6.45) is 5.80. The summed E-state index contributed by atoms with van der Waals surface area (Å²) >= 11 is 0. The summed E-state index contributed by atoms with van der Waals surface area (Å²) in [5.74, 6) is 1.94. The van der Waals surface area contributed by atoms with Crippen molar-refractivity contribution in [1.29, 1.82) is 0 Å². The number of aromatic nitrogens is 4. The van der Waals surface area contributed by atoms with Crippen LogP contribution in [0.25, 0.3) is 11.6 Å². The van der Waals surface area contributed by atoms with Gasteiger partial charge in [-0.2, -0.15) is 4.98 Å². The molecule has 1 N–H and O–H groups in total. The minimum atomic E-state index is 0.210. The van der Waals surface area contributed by atoms with Gasteiger partial charge in [-0.05, 0) is 19.4 Å². The first kappa shape index (κ1) is 9.53. The van der Waals surface area contributed by atoms with Crippen molar-refractivity contribution in [2.75, 3.05) is 6.54 Å². The van der Waals surface area contributed by atoms with E-state index < -0.39 is 0 Å². The molecule has 1 aliphatic rings. The summed E-state index contributed by atoms with van der Waals surface area (Å²) in [7, 11) is 1.91. The summed E-state index contributed by atoms with van der Waals surface area (Å²) in [6.45, 7) is 1.02. The average molecular weight is 219 g/mol. The highest BCUT2D eigenvalue weighted by Crippen LogP contribution is 2.23. The van der Waals surface area contributed by atoms with E-state index in [1.54, 1.807) is 6.20 Å². The maximum Gasteiger partial charge on any atom is 0.244 e. The standard InChI is InChI=1S/C10H13N5O/c1-15-6-5-12-9(15)8-13-10(16-14-8)7-3-2-4-11-7/h5-7,11H,2-4H2,1H3. The molecule has 6 heteroatoms. The van der Waals surface area contributed by atoms with Crippen LogP contribution in [0.4, 0.5) is 0 Å². The average Bonchev–Trinajstić information content (AvgIpc) is 2.96. The smallest absolute Gasteiger partial charge is 0.244 e. The lowest BCUT2D eigenvalue weighted by Gasteiger charge is -2.01. The minimum absolute atomic E-state index is 0.210. The van der Waals surface area contributed by atoms with Crippen LogP contribution in [0.5, 0.6) is 0 Å². The molecule has 0 amide bonds. The Balaban J connectivity index is 1.90. The Kier molecular flexibility index (Phi) is 2.21. The first-order valence-electron chi connectivity index (χ1n) is 5.39. The van der Waals surface area contributed by atoms with Crippen molar-refractivity contribution in [2.24, 2.45) is 7.05 Å². The molecule has 1 atom stereocenters. The maximum absolute atomic E-state index is 5.25. The van der Waals surface area contributed by atoms with Gasteiger partial charge >= 0.3 is 0 Å². The first-order chi connectivity index (χ1) is 7.84. The third kappa shape index (κ3) is 1.51. The Bertz CT molecular complexity index is 483. The van der Waals surface area contributed by atoms with Crippen LogP contribution in [0.2, 0.25) is 0 Å². The highest BCUT2D eigenvalue weighted by atomic mass is 16.5. The van der Waals surface area contributed by atoms with Crippen molar-refractivity contribution in [3.63, 3.8) is 0 Å². The van der Waals surface area contributed by atoms with Crippen LogP contribution in [0.1, 0.15) is 24.8 Å². The van der Waals surface area contributed by atoms with Crippen LogP contribution in [0, 0.1) is 0 Å². The molecule has 2 aromatic rings. The molecule has 0 bridgehead atoms. The first-order valence-corrected chi connectivity index (χ1v) is 5.39. The van der Waals surface area contributed by atoms with Gasteiger partial charge in [0.15, 0.2) is 5.82 Å². The molecule has 6 nitrogen and oxygen atoms in total. The molecule has 16 heavy (non-hydrogen) atoms. The molecular weight excluding hydrogens is 206 g/mol. The zero-order chi connectivity index (χ0) is 11.0. The highest BCUT2D eigenvalue weighted by Gasteiger charge is 2.23. The number of hydrogen-bond acceptors (Lipinski definition) is 5. The number of imidazole rings is 1. The van der Waals surface area contributed by atoms with Crippen LogP contribution >= 0.6 is 0 Å². The minimum Gasteiger partial charge on any atom is -0.337 e. The fraction of sp³-hybridized carbons (Fsp3) is 0.500. The van der Waals surface area contributed by atoms with Gasteiger partial charge in [-0.25, -0.2) is 4.98 Å². The Morgan fingerprint density at radius 3 is 3.19 bits per heavy atom. The lowest BCUT2D eigenvalue weighted by molar-refractivity contribution is 0.344. The lowest BCUT2D eigenvalue weighted by Crippen LogP contribution is -2.13. The van der Waals surface area contributed by atoms with Gasteiger partial charge in [0.1, 0.15) is 0 Å². The summed E-state index contributed by atoms with van der Waals surface area (Å²) in [5, 5.41) is 7.28. The summed E-state index contributed by atoms with van der Waals surface area (Å²) < 4.78 is 7.12. The summed E-state index contributed by atoms with van der Waals surface area (Å²) in [5.41, 5.74) is 0. The Labute approximate surface area is 92.7 Å². The van der Waals surface area contributed by atoms with Gasteiger partial charge in [0.2, 0.25) is 11.7 Å². The predicted molar refractivity (Wildman–Crippen MR) is 56.5 cm³/mol. The van der Waals surface area contributed by atoms with E-state index >= 15 is 0 Å². The maximum atomic E-state index is 5.25. The fourth-order valence-electron chi connectivity index (χ4n) is 1.94. The molecule has 1 unspecified atom stereocenters. The van der Waals surface area contributed by atoms with Gasteiger partial charge < -0.3 is 14.4 Å². The van der Waals surface area contributed by atoms with Crippen molar-refractivity contribution in [3.8, 4) is 11.6 Å². The molecule has 0 radical (unpaired) electrons. The van der Waals surface area contributed by atoms with Gasteiger partial charge in [0.05, 0.1) is 6.04 Å². The molecule has 1 fully saturated rings. The molecule has 0 aromatic carbocycles. The van der Waals surface area contributed by atoms with E-state index in [1.807, 2.05) is 17.8 Å². The van der Waals surface area contributed by atoms with Crippen molar-refractivity contribution < 1.29 is 4.52 Å². The molecular formula is C10H13N5O. The van der Waals surface area contributed by atoms with E-state index in [9.17, 15) is 0 Å². The summed E-state index contributed by atoms with van der Waals surface area (Å²) in [6, 6.07) is 0.210. The third-order valence-corrected chi connectivity index (χ3v) is 2.82. The van der Waals surface area contributed by atoms with Crippen LogP contribution in [-0.2, 0) is 7.05 Å². The zero-order valence-corrected chi connectivity index (χ0v) is 9.05. The second-order valence-corrected chi connectivity index (χ2v) is 3.97. The van der Waals surface area contributed by atoms with Crippen LogP contribution < -0.4 is 5.32 Å². The second kappa shape index (κ2) is 3.71. The Hall–Kier alpha value is -1.69. The second-order valence-electron chi connectivity index (χ2n) is 3.97. The molecule has 3 rings (SSSR count). The fourth-order valence-corrected chi connectivity index (χ4v) is 1.94. The van der Waals surface area contributed by atoms with E-state index in [0.717, 1.165) is 25.2 Å². The van der Waals surface area contributed by atoms with Gasteiger partial charge in [0.25, 0.3) is 0 Å². The monoisotopic (exact) mass is 219 g/mol. The van der Waals surface area contributed by atoms with Gasteiger partial charge in [-0.3, -0.25) is 0 Å². The summed E-state index contributed by atoms with van der Waals surface area (Å²) in [4.78, 5) is 8.56. The van der Waals surface area contributed by atoms with Gasteiger partial charge in [0, 0.05) is 19.4 Å².